The molecule has 2 aliphatic rings. The lowest BCUT2D eigenvalue weighted by Gasteiger charge is -2.37. The maximum Gasteiger partial charge on any atom is 0.0195 e. The van der Waals surface area contributed by atoms with Crippen LogP contribution in [0.5, 0.6) is 0 Å². The quantitative estimate of drug-likeness (QED) is 0.660. The molecule has 0 aliphatic carbocycles. The highest BCUT2D eigenvalue weighted by molar-refractivity contribution is 7.99. The van der Waals surface area contributed by atoms with Gasteiger partial charge in [0.05, 0.1) is 0 Å². The zero-order valence-corrected chi connectivity index (χ0v) is 9.35. The molecule has 2 rings (SSSR count). The molecule has 0 aromatic heterocycles. The molecule has 13 heavy (non-hydrogen) atoms. The minimum Gasteiger partial charge on any atom is -0.301 e. The molecule has 2 saturated heterocycles. The number of piperazine rings is 1. The van der Waals surface area contributed by atoms with Gasteiger partial charge in [0.2, 0.25) is 0 Å². The first-order valence-corrected chi connectivity index (χ1v) is 6.59. The molecule has 0 bridgehead atoms. The summed E-state index contributed by atoms with van der Waals surface area (Å²) < 4.78 is 0. The minimum absolute atomic E-state index is 0.906. The molecular formula is C10H20N2S. The van der Waals surface area contributed by atoms with Crippen molar-refractivity contribution in [2.75, 3.05) is 44.2 Å². The van der Waals surface area contributed by atoms with Gasteiger partial charge in [0, 0.05) is 38.0 Å². The Bertz CT molecular complexity index is 149. The van der Waals surface area contributed by atoms with Crippen molar-refractivity contribution in [3.63, 3.8) is 0 Å². The van der Waals surface area contributed by atoms with Crippen molar-refractivity contribution in [2.45, 2.75) is 19.4 Å². The second kappa shape index (κ2) is 4.67. The van der Waals surface area contributed by atoms with Crippen LogP contribution in [0, 0.1) is 0 Å². The lowest BCUT2D eigenvalue weighted by molar-refractivity contribution is 0.108. The van der Waals surface area contributed by atoms with Gasteiger partial charge in [-0.15, -0.1) is 0 Å². The SMILES string of the molecule is CCN1CCN([C@@H]2CCSC2)CC1. The van der Waals surface area contributed by atoms with E-state index in [-0.39, 0.29) is 0 Å². The molecule has 0 spiro atoms. The van der Waals surface area contributed by atoms with Gasteiger partial charge in [-0.05, 0) is 18.7 Å². The Hall–Kier alpha value is 0.270. The van der Waals surface area contributed by atoms with Crippen molar-refractivity contribution in [3.8, 4) is 0 Å². The van der Waals surface area contributed by atoms with Gasteiger partial charge in [-0.1, -0.05) is 6.92 Å². The molecule has 2 aliphatic heterocycles. The second-order valence-electron chi connectivity index (χ2n) is 3.99. The Morgan fingerprint density at radius 1 is 1.23 bits per heavy atom. The molecule has 0 N–H and O–H groups in total. The van der Waals surface area contributed by atoms with E-state index in [4.69, 9.17) is 0 Å². The van der Waals surface area contributed by atoms with Gasteiger partial charge in [-0.2, -0.15) is 11.8 Å². The number of thioether (sulfide) groups is 1. The lowest BCUT2D eigenvalue weighted by Crippen LogP contribution is -2.50. The fraction of sp³-hybridized carbons (Fsp3) is 1.00. The van der Waals surface area contributed by atoms with Crippen molar-refractivity contribution >= 4 is 11.8 Å². The number of hydrogen-bond acceptors (Lipinski definition) is 3. The molecule has 0 radical (unpaired) electrons. The van der Waals surface area contributed by atoms with E-state index in [2.05, 4.69) is 28.5 Å². The van der Waals surface area contributed by atoms with E-state index < -0.39 is 0 Å². The van der Waals surface area contributed by atoms with E-state index in [9.17, 15) is 0 Å². The monoisotopic (exact) mass is 200 g/mol. The van der Waals surface area contributed by atoms with E-state index in [1.807, 2.05) is 0 Å². The first kappa shape index (κ1) is 9.81. The first-order valence-electron chi connectivity index (χ1n) is 5.44. The van der Waals surface area contributed by atoms with Crippen LogP contribution in [0.3, 0.4) is 0 Å². The molecule has 2 fully saturated rings. The third-order valence-electron chi connectivity index (χ3n) is 3.28. The minimum atomic E-state index is 0.906. The van der Waals surface area contributed by atoms with Gasteiger partial charge in [-0.3, -0.25) is 4.90 Å². The van der Waals surface area contributed by atoms with Crippen LogP contribution in [0.15, 0.2) is 0 Å². The van der Waals surface area contributed by atoms with Crippen molar-refractivity contribution in [1.29, 1.82) is 0 Å². The number of hydrogen-bond donors (Lipinski definition) is 0. The highest BCUT2D eigenvalue weighted by Gasteiger charge is 2.25. The summed E-state index contributed by atoms with van der Waals surface area (Å²) in [6, 6.07) is 0.906. The summed E-state index contributed by atoms with van der Waals surface area (Å²) in [4.78, 5) is 5.25. The standard InChI is InChI=1S/C10H20N2S/c1-2-11-4-6-12(7-5-11)10-3-8-13-9-10/h10H,2-9H2,1H3/t10-/m1/s1. The van der Waals surface area contributed by atoms with Crippen molar-refractivity contribution in [1.82, 2.24) is 9.80 Å². The van der Waals surface area contributed by atoms with Crippen LogP contribution in [-0.2, 0) is 0 Å². The molecular weight excluding hydrogens is 180 g/mol. The molecule has 2 nitrogen and oxygen atoms in total. The van der Waals surface area contributed by atoms with E-state index in [0.29, 0.717) is 0 Å². The van der Waals surface area contributed by atoms with Gasteiger partial charge in [0.1, 0.15) is 0 Å². The molecule has 2 heterocycles. The predicted octanol–water partition coefficient (Wildman–Crippen LogP) is 1.13. The molecule has 76 valence electrons. The number of nitrogens with zero attached hydrogens (tertiary/aromatic N) is 2. The smallest absolute Gasteiger partial charge is 0.0195 e. The third-order valence-corrected chi connectivity index (χ3v) is 4.42. The van der Waals surface area contributed by atoms with Crippen LogP contribution in [0.25, 0.3) is 0 Å². The summed E-state index contributed by atoms with van der Waals surface area (Å²) in [5, 5.41) is 0. The fourth-order valence-corrected chi connectivity index (χ4v) is 3.51. The van der Waals surface area contributed by atoms with E-state index in [0.717, 1.165) is 6.04 Å². The molecule has 0 saturated carbocycles. The third kappa shape index (κ3) is 2.39. The van der Waals surface area contributed by atoms with Crippen LogP contribution in [-0.4, -0.2) is 60.1 Å². The Balaban J connectivity index is 1.77. The molecule has 3 heteroatoms. The van der Waals surface area contributed by atoms with Gasteiger partial charge in [0.25, 0.3) is 0 Å². The van der Waals surface area contributed by atoms with Crippen LogP contribution in [0.2, 0.25) is 0 Å². The van der Waals surface area contributed by atoms with Gasteiger partial charge in [0.15, 0.2) is 0 Å². The first-order chi connectivity index (χ1) is 6.40. The normalized spacial score (nSPS) is 32.5. The topological polar surface area (TPSA) is 6.48 Å². The highest BCUT2D eigenvalue weighted by atomic mass is 32.2. The summed E-state index contributed by atoms with van der Waals surface area (Å²) in [7, 11) is 0. The van der Waals surface area contributed by atoms with Crippen LogP contribution in [0.1, 0.15) is 13.3 Å². The predicted molar refractivity (Wildman–Crippen MR) is 59.4 cm³/mol. The van der Waals surface area contributed by atoms with Crippen LogP contribution < -0.4 is 0 Å². The van der Waals surface area contributed by atoms with Gasteiger partial charge in [-0.25, -0.2) is 0 Å². The average Bonchev–Trinajstić information content (AvgIpc) is 2.71. The van der Waals surface area contributed by atoms with Gasteiger partial charge < -0.3 is 4.90 Å². The second-order valence-corrected chi connectivity index (χ2v) is 5.14. The van der Waals surface area contributed by atoms with Crippen molar-refractivity contribution in [3.05, 3.63) is 0 Å². The van der Waals surface area contributed by atoms with Crippen molar-refractivity contribution < 1.29 is 0 Å². The molecule has 0 amide bonds. The van der Waals surface area contributed by atoms with Crippen LogP contribution >= 0.6 is 11.8 Å². The Labute approximate surface area is 85.7 Å². The molecule has 0 unspecified atom stereocenters. The Morgan fingerprint density at radius 2 is 2.00 bits per heavy atom. The summed E-state index contributed by atoms with van der Waals surface area (Å²) in [6.45, 7) is 8.68. The Morgan fingerprint density at radius 3 is 2.54 bits per heavy atom. The van der Waals surface area contributed by atoms with Crippen LogP contribution in [0.4, 0.5) is 0 Å². The summed E-state index contributed by atoms with van der Waals surface area (Å²) >= 11 is 2.13. The molecule has 0 aromatic rings. The average molecular weight is 200 g/mol. The Kier molecular flexibility index (Phi) is 3.52. The van der Waals surface area contributed by atoms with E-state index >= 15 is 0 Å². The fourth-order valence-electron chi connectivity index (χ4n) is 2.25. The lowest BCUT2D eigenvalue weighted by atomic mass is 10.2. The van der Waals surface area contributed by atoms with E-state index in [1.165, 1.54) is 50.7 Å². The maximum atomic E-state index is 2.70. The maximum absolute atomic E-state index is 2.70. The summed E-state index contributed by atoms with van der Waals surface area (Å²) in [5.74, 6) is 2.77. The summed E-state index contributed by atoms with van der Waals surface area (Å²) in [6.07, 6.45) is 1.43. The van der Waals surface area contributed by atoms with E-state index in [1.54, 1.807) is 0 Å². The number of rotatable bonds is 2. The zero-order valence-electron chi connectivity index (χ0n) is 8.54. The summed E-state index contributed by atoms with van der Waals surface area (Å²) in [5.41, 5.74) is 0. The van der Waals surface area contributed by atoms with Crippen molar-refractivity contribution in [2.24, 2.45) is 0 Å². The molecule has 1 atom stereocenters. The zero-order chi connectivity index (χ0) is 9.10. The molecule has 0 aromatic carbocycles. The van der Waals surface area contributed by atoms with Gasteiger partial charge >= 0.3 is 0 Å². The number of likely N-dealkylation sites (N-methyl/N-ethyl adjacent to an activating group) is 1. The largest absolute Gasteiger partial charge is 0.301 e. The highest BCUT2D eigenvalue weighted by Crippen LogP contribution is 2.22.